The lowest BCUT2D eigenvalue weighted by Crippen LogP contribution is -2.15. The normalized spacial score (nSPS) is 10.6. The van der Waals surface area contributed by atoms with Crippen LogP contribution in [0, 0.1) is 13.8 Å². The molecule has 8 nitrogen and oxygen atoms in total. The smallest absolute Gasteiger partial charge is 0.354 e. The monoisotopic (exact) mass is 318 g/mol. The molecule has 2 heterocycles. The number of pyridine rings is 1. The molecule has 122 valence electrons. The Morgan fingerprint density at radius 2 is 2.13 bits per heavy atom. The van der Waals surface area contributed by atoms with Crippen molar-refractivity contribution in [3.8, 4) is 0 Å². The summed E-state index contributed by atoms with van der Waals surface area (Å²) in [7, 11) is 1.61. The van der Waals surface area contributed by atoms with Crippen molar-refractivity contribution in [1.82, 2.24) is 14.8 Å². The number of anilines is 1. The van der Waals surface area contributed by atoms with Crippen molar-refractivity contribution in [2.75, 3.05) is 19.0 Å². The highest BCUT2D eigenvalue weighted by atomic mass is 16.5. The lowest BCUT2D eigenvalue weighted by atomic mass is 10.2. The molecule has 0 unspecified atom stereocenters. The summed E-state index contributed by atoms with van der Waals surface area (Å²) in [6.07, 6.45) is 1.29. The lowest BCUT2D eigenvalue weighted by Gasteiger charge is -2.07. The van der Waals surface area contributed by atoms with Crippen LogP contribution in [0.2, 0.25) is 0 Å². The Kier molecular flexibility index (Phi) is 5.07. The molecule has 0 saturated carbocycles. The van der Waals surface area contributed by atoms with E-state index in [2.05, 4.69) is 15.4 Å². The molecule has 8 heteroatoms. The first kappa shape index (κ1) is 16.6. The minimum atomic E-state index is -1.18. The predicted molar refractivity (Wildman–Crippen MR) is 82.7 cm³/mol. The number of nitrogens with zero attached hydrogens (tertiary/aromatic N) is 3. The van der Waals surface area contributed by atoms with Gasteiger partial charge >= 0.3 is 5.97 Å². The van der Waals surface area contributed by atoms with Gasteiger partial charge in [-0.1, -0.05) is 0 Å². The maximum atomic E-state index is 12.3. The quantitative estimate of drug-likeness (QED) is 0.836. The molecule has 0 fully saturated rings. The molecule has 0 spiro atoms. The molecule has 0 saturated heterocycles. The van der Waals surface area contributed by atoms with Gasteiger partial charge < -0.3 is 15.2 Å². The number of hydrogen-bond acceptors (Lipinski definition) is 5. The highest BCUT2D eigenvalue weighted by Gasteiger charge is 2.16. The molecule has 0 aromatic carbocycles. The molecular weight excluding hydrogens is 300 g/mol. The zero-order valence-corrected chi connectivity index (χ0v) is 13.2. The van der Waals surface area contributed by atoms with Crippen LogP contribution in [0.15, 0.2) is 18.3 Å². The lowest BCUT2D eigenvalue weighted by molar-refractivity contribution is 0.0690. The first-order valence-corrected chi connectivity index (χ1v) is 6.97. The molecule has 2 aromatic heterocycles. The summed E-state index contributed by atoms with van der Waals surface area (Å²) >= 11 is 0. The minimum absolute atomic E-state index is 0.179. The van der Waals surface area contributed by atoms with E-state index < -0.39 is 11.9 Å². The van der Waals surface area contributed by atoms with Crippen LogP contribution in [0.25, 0.3) is 0 Å². The molecule has 2 rings (SSSR count). The molecule has 0 aliphatic carbocycles. The fourth-order valence-corrected chi connectivity index (χ4v) is 2.15. The molecule has 1 amide bonds. The number of aryl methyl sites for hydroxylation is 1. The van der Waals surface area contributed by atoms with Crippen LogP contribution in [0.3, 0.4) is 0 Å². The number of aromatic carboxylic acids is 1. The highest BCUT2D eigenvalue weighted by molar-refractivity contribution is 6.05. The summed E-state index contributed by atoms with van der Waals surface area (Å²) < 4.78 is 6.78. The number of methoxy groups -OCH3 is 1. The van der Waals surface area contributed by atoms with Crippen molar-refractivity contribution in [2.45, 2.75) is 20.4 Å². The summed E-state index contributed by atoms with van der Waals surface area (Å²) in [5.41, 5.74) is 2.14. The second-order valence-electron chi connectivity index (χ2n) is 4.95. The molecular formula is C15H18N4O4. The summed E-state index contributed by atoms with van der Waals surface area (Å²) in [6.45, 7) is 4.74. The van der Waals surface area contributed by atoms with Crippen LogP contribution in [-0.2, 0) is 11.3 Å². The van der Waals surface area contributed by atoms with Gasteiger partial charge in [0, 0.05) is 18.9 Å². The number of carbonyl (C=O) groups is 2. The number of carbonyl (C=O) groups excluding carboxylic acids is 1. The third-order valence-corrected chi connectivity index (χ3v) is 3.37. The van der Waals surface area contributed by atoms with E-state index in [4.69, 9.17) is 9.84 Å². The second-order valence-corrected chi connectivity index (χ2v) is 4.95. The van der Waals surface area contributed by atoms with E-state index >= 15 is 0 Å². The van der Waals surface area contributed by atoms with E-state index in [1.807, 2.05) is 6.92 Å². The Bertz CT molecular complexity index is 739. The Balaban J connectivity index is 2.22. The SMILES string of the molecule is COCCn1nc(C)c(NC(=O)c2ccnc(C(=O)O)c2)c1C. The first-order chi connectivity index (χ1) is 10.9. The van der Waals surface area contributed by atoms with Crippen LogP contribution >= 0.6 is 0 Å². The number of aromatic nitrogens is 3. The van der Waals surface area contributed by atoms with Gasteiger partial charge in [-0.05, 0) is 26.0 Å². The van der Waals surface area contributed by atoms with Crippen LogP contribution < -0.4 is 5.32 Å². The molecule has 0 aliphatic rings. The average Bonchev–Trinajstić information content (AvgIpc) is 2.80. The van der Waals surface area contributed by atoms with Gasteiger partial charge in [0.2, 0.25) is 0 Å². The summed E-state index contributed by atoms with van der Waals surface area (Å²) in [5.74, 6) is -1.59. The third kappa shape index (κ3) is 3.72. The van der Waals surface area contributed by atoms with Crippen LogP contribution in [0.4, 0.5) is 5.69 Å². The Morgan fingerprint density at radius 3 is 2.78 bits per heavy atom. The summed E-state index contributed by atoms with van der Waals surface area (Å²) in [6, 6.07) is 2.69. The van der Waals surface area contributed by atoms with E-state index in [0.29, 0.717) is 24.5 Å². The van der Waals surface area contributed by atoms with Gasteiger partial charge in [0.25, 0.3) is 5.91 Å². The van der Waals surface area contributed by atoms with Gasteiger partial charge in [0.05, 0.1) is 30.2 Å². The molecule has 2 N–H and O–H groups in total. The molecule has 0 bridgehead atoms. The fourth-order valence-electron chi connectivity index (χ4n) is 2.15. The van der Waals surface area contributed by atoms with Gasteiger partial charge in [-0.2, -0.15) is 5.10 Å². The second kappa shape index (κ2) is 7.01. The minimum Gasteiger partial charge on any atom is -0.477 e. The third-order valence-electron chi connectivity index (χ3n) is 3.37. The van der Waals surface area contributed by atoms with Crippen LogP contribution in [0.5, 0.6) is 0 Å². The molecule has 0 atom stereocenters. The number of hydrogen-bond donors (Lipinski definition) is 2. The van der Waals surface area contributed by atoms with E-state index in [9.17, 15) is 9.59 Å². The maximum absolute atomic E-state index is 12.3. The molecule has 0 radical (unpaired) electrons. The molecule has 2 aromatic rings. The van der Waals surface area contributed by atoms with E-state index in [0.717, 1.165) is 5.69 Å². The number of rotatable bonds is 6. The molecule has 0 aliphatic heterocycles. The van der Waals surface area contributed by atoms with Crippen molar-refractivity contribution >= 4 is 17.6 Å². The van der Waals surface area contributed by atoms with Crippen molar-refractivity contribution in [3.05, 3.63) is 41.0 Å². The number of ether oxygens (including phenoxy) is 1. The van der Waals surface area contributed by atoms with E-state index in [1.54, 1.807) is 18.7 Å². The first-order valence-electron chi connectivity index (χ1n) is 6.97. The van der Waals surface area contributed by atoms with Gasteiger partial charge in [-0.25, -0.2) is 9.78 Å². The standard InChI is InChI=1S/C15H18N4O4/c1-9-13(10(2)19(18-9)6-7-23-3)17-14(20)11-4-5-16-12(8-11)15(21)22/h4-5,8H,6-7H2,1-3H3,(H,17,20)(H,21,22). The van der Waals surface area contributed by atoms with Gasteiger partial charge in [-0.3, -0.25) is 9.48 Å². The maximum Gasteiger partial charge on any atom is 0.354 e. The van der Waals surface area contributed by atoms with E-state index in [1.165, 1.54) is 18.3 Å². The van der Waals surface area contributed by atoms with Gasteiger partial charge in [0.15, 0.2) is 0 Å². The van der Waals surface area contributed by atoms with E-state index in [-0.39, 0.29) is 11.3 Å². The zero-order valence-electron chi connectivity index (χ0n) is 13.2. The number of carboxylic acid groups (broad SMARTS) is 1. The number of carboxylic acids is 1. The summed E-state index contributed by atoms with van der Waals surface area (Å²) in [5, 5.41) is 16.1. The Labute approximate surface area is 133 Å². The highest BCUT2D eigenvalue weighted by Crippen LogP contribution is 2.20. The predicted octanol–water partition coefficient (Wildman–Crippen LogP) is 1.49. The largest absolute Gasteiger partial charge is 0.477 e. The Morgan fingerprint density at radius 1 is 1.39 bits per heavy atom. The molecule has 23 heavy (non-hydrogen) atoms. The van der Waals surface area contributed by atoms with Crippen molar-refractivity contribution in [1.29, 1.82) is 0 Å². The number of amides is 1. The number of nitrogens with one attached hydrogen (secondary N) is 1. The summed E-state index contributed by atoms with van der Waals surface area (Å²) in [4.78, 5) is 26.9. The topological polar surface area (TPSA) is 106 Å². The van der Waals surface area contributed by atoms with Crippen LogP contribution in [-0.4, -0.2) is 45.5 Å². The zero-order chi connectivity index (χ0) is 17.0. The Hall–Kier alpha value is -2.74. The van der Waals surface area contributed by atoms with Crippen molar-refractivity contribution in [2.24, 2.45) is 0 Å². The van der Waals surface area contributed by atoms with Crippen molar-refractivity contribution in [3.63, 3.8) is 0 Å². The fraction of sp³-hybridized carbons (Fsp3) is 0.333. The van der Waals surface area contributed by atoms with Crippen LogP contribution in [0.1, 0.15) is 32.2 Å². The van der Waals surface area contributed by atoms with Crippen molar-refractivity contribution < 1.29 is 19.4 Å². The van der Waals surface area contributed by atoms with Gasteiger partial charge in [-0.15, -0.1) is 0 Å². The average molecular weight is 318 g/mol. The van der Waals surface area contributed by atoms with Gasteiger partial charge in [0.1, 0.15) is 5.69 Å².